The second kappa shape index (κ2) is 7.10. The zero-order chi connectivity index (χ0) is 14.4. The van der Waals surface area contributed by atoms with Gasteiger partial charge >= 0.3 is 0 Å². The van der Waals surface area contributed by atoms with Gasteiger partial charge in [0, 0.05) is 42.7 Å². The first-order chi connectivity index (χ1) is 9.66. The van der Waals surface area contributed by atoms with Crippen LogP contribution in [0.25, 0.3) is 0 Å². The van der Waals surface area contributed by atoms with Crippen LogP contribution in [0.15, 0.2) is 36.5 Å². The highest BCUT2D eigenvalue weighted by atomic mass is 16.5. The van der Waals surface area contributed by atoms with Crippen molar-refractivity contribution in [3.63, 3.8) is 0 Å². The molecule has 1 heterocycles. The molecule has 1 fully saturated rings. The van der Waals surface area contributed by atoms with Crippen LogP contribution in [0.3, 0.4) is 0 Å². The molecule has 1 aliphatic heterocycles. The third-order valence-electron chi connectivity index (χ3n) is 3.12. The lowest BCUT2D eigenvalue weighted by Gasteiger charge is -2.24. The molecular formula is C16H22N2O2. The predicted octanol–water partition coefficient (Wildman–Crippen LogP) is 2.54. The van der Waals surface area contributed by atoms with Gasteiger partial charge in [-0.25, -0.2) is 0 Å². The molecule has 0 amide bonds. The van der Waals surface area contributed by atoms with E-state index in [1.807, 2.05) is 30.5 Å². The van der Waals surface area contributed by atoms with Crippen molar-refractivity contribution in [1.29, 1.82) is 0 Å². The summed E-state index contributed by atoms with van der Waals surface area (Å²) in [6, 6.07) is 7.92. The summed E-state index contributed by atoms with van der Waals surface area (Å²) >= 11 is 0. The summed E-state index contributed by atoms with van der Waals surface area (Å²) in [4.78, 5) is 14.4. The first-order valence-electron chi connectivity index (χ1n) is 7.06. The van der Waals surface area contributed by atoms with Crippen molar-refractivity contribution in [3.05, 3.63) is 42.1 Å². The number of carbonyl (C=O) groups is 1. The van der Waals surface area contributed by atoms with Crippen molar-refractivity contribution in [2.45, 2.75) is 19.9 Å². The number of carbonyl (C=O) groups excluding carboxylic acids is 1. The molecular weight excluding hydrogens is 252 g/mol. The number of nitrogens with one attached hydrogen (secondary N) is 1. The lowest BCUT2D eigenvalue weighted by Crippen LogP contribution is -2.32. The number of morpholine rings is 1. The summed E-state index contributed by atoms with van der Waals surface area (Å²) in [5.41, 5.74) is 1.60. The number of para-hydroxylation sites is 1. The highest BCUT2D eigenvalue weighted by Crippen LogP contribution is 2.17. The van der Waals surface area contributed by atoms with Crippen molar-refractivity contribution < 1.29 is 9.53 Å². The van der Waals surface area contributed by atoms with Gasteiger partial charge in [-0.15, -0.1) is 0 Å². The standard InChI is InChI=1S/C16H22N2O2/c1-13(2)17-15-6-4-3-5-14(15)16(19)7-8-18-9-11-20-12-10-18/h3-8,13,17H,9-12H2,1-2H3/b8-7+. The van der Waals surface area contributed by atoms with Gasteiger partial charge < -0.3 is 15.0 Å². The Labute approximate surface area is 120 Å². The summed E-state index contributed by atoms with van der Waals surface area (Å²) in [7, 11) is 0. The maximum Gasteiger partial charge on any atom is 0.189 e. The molecule has 0 spiro atoms. The van der Waals surface area contributed by atoms with Gasteiger partial charge in [0.1, 0.15) is 0 Å². The lowest BCUT2D eigenvalue weighted by molar-refractivity contribution is 0.0591. The minimum Gasteiger partial charge on any atom is -0.382 e. The third kappa shape index (κ3) is 4.10. The van der Waals surface area contributed by atoms with Gasteiger partial charge in [0.15, 0.2) is 5.78 Å². The van der Waals surface area contributed by atoms with E-state index in [-0.39, 0.29) is 5.78 Å². The predicted molar refractivity (Wildman–Crippen MR) is 81.1 cm³/mol. The number of allylic oxidation sites excluding steroid dienone is 1. The second-order valence-electron chi connectivity index (χ2n) is 5.17. The monoisotopic (exact) mass is 274 g/mol. The molecule has 0 bridgehead atoms. The van der Waals surface area contributed by atoms with E-state index >= 15 is 0 Å². The summed E-state index contributed by atoms with van der Waals surface area (Å²) in [6.07, 6.45) is 3.52. The Kier molecular flexibility index (Phi) is 5.18. The van der Waals surface area contributed by atoms with E-state index in [0.29, 0.717) is 11.6 Å². The summed E-state index contributed by atoms with van der Waals surface area (Å²) < 4.78 is 5.28. The van der Waals surface area contributed by atoms with E-state index in [1.54, 1.807) is 6.08 Å². The minimum atomic E-state index is 0.0280. The van der Waals surface area contributed by atoms with E-state index in [2.05, 4.69) is 24.1 Å². The Morgan fingerprint density at radius 1 is 1.30 bits per heavy atom. The molecule has 1 aromatic rings. The Morgan fingerprint density at radius 3 is 2.70 bits per heavy atom. The SMILES string of the molecule is CC(C)Nc1ccccc1C(=O)/C=C/N1CCOCC1. The van der Waals surface area contributed by atoms with Crippen LogP contribution >= 0.6 is 0 Å². The molecule has 4 nitrogen and oxygen atoms in total. The van der Waals surface area contributed by atoms with Crippen LogP contribution in [0.1, 0.15) is 24.2 Å². The maximum atomic E-state index is 12.3. The highest BCUT2D eigenvalue weighted by molar-refractivity contribution is 6.08. The first kappa shape index (κ1) is 14.6. The highest BCUT2D eigenvalue weighted by Gasteiger charge is 2.10. The largest absolute Gasteiger partial charge is 0.382 e. The van der Waals surface area contributed by atoms with E-state index in [1.165, 1.54) is 0 Å². The van der Waals surface area contributed by atoms with E-state index in [9.17, 15) is 4.79 Å². The summed E-state index contributed by atoms with van der Waals surface area (Å²) in [5, 5.41) is 3.30. The minimum absolute atomic E-state index is 0.0280. The van der Waals surface area contributed by atoms with Gasteiger partial charge in [-0.3, -0.25) is 4.79 Å². The Balaban J connectivity index is 2.06. The maximum absolute atomic E-state index is 12.3. The van der Waals surface area contributed by atoms with Gasteiger partial charge in [-0.1, -0.05) is 12.1 Å². The van der Waals surface area contributed by atoms with Gasteiger partial charge in [0.2, 0.25) is 0 Å². The van der Waals surface area contributed by atoms with Crippen molar-refractivity contribution in [3.8, 4) is 0 Å². The molecule has 0 atom stereocenters. The lowest BCUT2D eigenvalue weighted by atomic mass is 10.1. The van der Waals surface area contributed by atoms with Crippen LogP contribution in [0.5, 0.6) is 0 Å². The molecule has 2 rings (SSSR count). The van der Waals surface area contributed by atoms with Gasteiger partial charge in [-0.05, 0) is 26.0 Å². The Morgan fingerprint density at radius 2 is 2.00 bits per heavy atom. The zero-order valence-corrected chi connectivity index (χ0v) is 12.1. The topological polar surface area (TPSA) is 41.6 Å². The number of rotatable bonds is 5. The number of benzene rings is 1. The third-order valence-corrected chi connectivity index (χ3v) is 3.12. The van der Waals surface area contributed by atoms with Crippen molar-refractivity contribution >= 4 is 11.5 Å². The first-order valence-corrected chi connectivity index (χ1v) is 7.06. The average Bonchev–Trinajstić information content (AvgIpc) is 2.46. The van der Waals surface area contributed by atoms with Crippen molar-refractivity contribution in [1.82, 2.24) is 4.90 Å². The summed E-state index contributed by atoms with van der Waals surface area (Å²) in [6.45, 7) is 7.26. The number of anilines is 1. The molecule has 0 aromatic heterocycles. The molecule has 0 radical (unpaired) electrons. The molecule has 0 saturated carbocycles. The molecule has 1 saturated heterocycles. The van der Waals surface area contributed by atoms with Crippen LogP contribution in [0.2, 0.25) is 0 Å². The van der Waals surface area contributed by atoms with Crippen LogP contribution in [-0.2, 0) is 4.74 Å². The zero-order valence-electron chi connectivity index (χ0n) is 12.1. The van der Waals surface area contributed by atoms with Crippen LogP contribution < -0.4 is 5.32 Å². The fraction of sp³-hybridized carbons (Fsp3) is 0.438. The molecule has 0 unspecified atom stereocenters. The number of ketones is 1. The van der Waals surface area contributed by atoms with Gasteiger partial charge in [0.05, 0.1) is 13.2 Å². The van der Waals surface area contributed by atoms with E-state index in [4.69, 9.17) is 4.74 Å². The van der Waals surface area contributed by atoms with Gasteiger partial charge in [0.25, 0.3) is 0 Å². The number of hydrogen-bond acceptors (Lipinski definition) is 4. The summed E-state index contributed by atoms with van der Waals surface area (Å²) in [5.74, 6) is 0.0280. The number of nitrogens with zero attached hydrogens (tertiary/aromatic N) is 1. The molecule has 1 N–H and O–H groups in total. The normalized spacial score (nSPS) is 15.8. The van der Waals surface area contributed by atoms with Crippen LogP contribution in [0.4, 0.5) is 5.69 Å². The fourth-order valence-electron chi connectivity index (χ4n) is 2.12. The molecule has 108 valence electrons. The quantitative estimate of drug-likeness (QED) is 0.662. The average molecular weight is 274 g/mol. The smallest absolute Gasteiger partial charge is 0.189 e. The molecule has 1 aromatic carbocycles. The number of hydrogen-bond donors (Lipinski definition) is 1. The fourth-order valence-corrected chi connectivity index (χ4v) is 2.12. The van der Waals surface area contributed by atoms with Crippen molar-refractivity contribution in [2.75, 3.05) is 31.6 Å². The van der Waals surface area contributed by atoms with Gasteiger partial charge in [-0.2, -0.15) is 0 Å². The Bertz CT molecular complexity index is 477. The van der Waals surface area contributed by atoms with E-state index in [0.717, 1.165) is 32.0 Å². The number of ether oxygens (including phenoxy) is 1. The second-order valence-corrected chi connectivity index (χ2v) is 5.17. The van der Waals surface area contributed by atoms with Crippen LogP contribution in [0, 0.1) is 0 Å². The Hall–Kier alpha value is -1.81. The van der Waals surface area contributed by atoms with Crippen LogP contribution in [-0.4, -0.2) is 43.0 Å². The van der Waals surface area contributed by atoms with Crippen molar-refractivity contribution in [2.24, 2.45) is 0 Å². The molecule has 1 aliphatic rings. The molecule has 20 heavy (non-hydrogen) atoms. The molecule has 4 heteroatoms. The van der Waals surface area contributed by atoms with E-state index < -0.39 is 0 Å². The molecule has 0 aliphatic carbocycles.